The molecule has 1 unspecified atom stereocenters. The minimum atomic E-state index is -0.772. The summed E-state index contributed by atoms with van der Waals surface area (Å²) in [6, 6.07) is 0. The first kappa shape index (κ1) is 78.4. The molecule has 6 nitrogen and oxygen atoms in total. The highest BCUT2D eigenvalue weighted by molar-refractivity contribution is 5.71. The monoisotopic (exact) mass is 1140 g/mol. The average molecular weight is 1140 g/mol. The van der Waals surface area contributed by atoms with Crippen LogP contribution in [0, 0.1) is 0 Å². The zero-order valence-electron chi connectivity index (χ0n) is 54.6. The van der Waals surface area contributed by atoms with Gasteiger partial charge >= 0.3 is 17.9 Å². The molecule has 0 aromatic heterocycles. The van der Waals surface area contributed by atoms with E-state index in [4.69, 9.17) is 14.2 Å². The summed E-state index contributed by atoms with van der Waals surface area (Å²) in [5, 5.41) is 0. The van der Waals surface area contributed by atoms with Gasteiger partial charge in [-0.1, -0.05) is 339 Å². The second-order valence-electron chi connectivity index (χ2n) is 24.5. The zero-order chi connectivity index (χ0) is 58.5. The highest BCUT2D eigenvalue weighted by Crippen LogP contribution is 2.18. The van der Waals surface area contributed by atoms with Crippen LogP contribution in [0.3, 0.4) is 0 Å². The third-order valence-electron chi connectivity index (χ3n) is 16.3. The molecule has 81 heavy (non-hydrogen) atoms. The highest BCUT2D eigenvalue weighted by Gasteiger charge is 2.19. The van der Waals surface area contributed by atoms with E-state index in [1.54, 1.807) is 0 Å². The van der Waals surface area contributed by atoms with E-state index < -0.39 is 6.10 Å². The lowest BCUT2D eigenvalue weighted by atomic mass is 10.0. The predicted octanol–water partition coefficient (Wildman–Crippen LogP) is 24.9. The van der Waals surface area contributed by atoms with E-state index >= 15 is 0 Å². The molecule has 0 saturated heterocycles. The van der Waals surface area contributed by atoms with Gasteiger partial charge in [0, 0.05) is 19.3 Å². The topological polar surface area (TPSA) is 78.9 Å². The summed E-state index contributed by atoms with van der Waals surface area (Å²) in [7, 11) is 0. The van der Waals surface area contributed by atoms with Crippen molar-refractivity contribution in [2.24, 2.45) is 0 Å². The number of ether oxygens (including phenoxy) is 3. The molecule has 0 heterocycles. The van der Waals surface area contributed by atoms with E-state index in [1.807, 2.05) is 0 Å². The van der Waals surface area contributed by atoms with Gasteiger partial charge in [0.1, 0.15) is 13.2 Å². The lowest BCUT2D eigenvalue weighted by Crippen LogP contribution is -2.30. The Balaban J connectivity index is 4.18. The van der Waals surface area contributed by atoms with E-state index in [0.29, 0.717) is 19.3 Å². The molecule has 0 fully saturated rings. The Hall–Kier alpha value is -2.63. The molecule has 0 aliphatic rings. The first-order chi connectivity index (χ1) is 40.0. The number of carbonyl (C=O) groups excluding carboxylic acids is 3. The number of rotatable bonds is 67. The van der Waals surface area contributed by atoms with Crippen molar-refractivity contribution in [1.29, 1.82) is 0 Å². The largest absolute Gasteiger partial charge is 0.462 e. The van der Waals surface area contributed by atoms with Crippen LogP contribution in [0.25, 0.3) is 0 Å². The summed E-state index contributed by atoms with van der Waals surface area (Å²) in [4.78, 5) is 38.4. The van der Waals surface area contributed by atoms with Crippen LogP contribution in [-0.2, 0) is 28.6 Å². The van der Waals surface area contributed by atoms with Crippen LogP contribution in [0.15, 0.2) is 48.6 Å². The highest BCUT2D eigenvalue weighted by atomic mass is 16.6. The lowest BCUT2D eigenvalue weighted by molar-refractivity contribution is -0.167. The molecule has 0 aromatic carbocycles. The molecule has 0 aromatic rings. The fraction of sp³-hybridized carbons (Fsp3) is 0.853. The normalized spacial score (nSPS) is 12.3. The van der Waals surface area contributed by atoms with Gasteiger partial charge in [-0.05, 0) is 83.5 Å². The van der Waals surface area contributed by atoms with Crippen molar-refractivity contribution < 1.29 is 28.6 Å². The van der Waals surface area contributed by atoms with Crippen molar-refractivity contribution in [3.8, 4) is 0 Å². The smallest absolute Gasteiger partial charge is 0.306 e. The lowest BCUT2D eigenvalue weighted by Gasteiger charge is -2.18. The Morgan fingerprint density at radius 2 is 0.444 bits per heavy atom. The second-order valence-corrected chi connectivity index (χ2v) is 24.5. The van der Waals surface area contributed by atoms with E-state index in [1.165, 1.54) is 283 Å². The Kier molecular flexibility index (Phi) is 67.6. The van der Waals surface area contributed by atoms with Crippen molar-refractivity contribution in [1.82, 2.24) is 0 Å². The predicted molar refractivity (Wildman–Crippen MR) is 353 cm³/mol. The van der Waals surface area contributed by atoms with E-state index in [-0.39, 0.29) is 31.1 Å². The Labute approximate surface area is 505 Å². The molecule has 0 spiro atoms. The number of esters is 3. The van der Waals surface area contributed by atoms with Crippen molar-refractivity contribution in [3.63, 3.8) is 0 Å². The fourth-order valence-electron chi connectivity index (χ4n) is 10.9. The van der Waals surface area contributed by atoms with E-state index in [0.717, 1.165) is 70.6 Å². The van der Waals surface area contributed by atoms with E-state index in [9.17, 15) is 14.4 Å². The summed E-state index contributed by atoms with van der Waals surface area (Å²) in [5.41, 5.74) is 0. The maximum atomic E-state index is 12.9. The molecule has 6 heteroatoms. The van der Waals surface area contributed by atoms with Crippen LogP contribution >= 0.6 is 0 Å². The molecule has 0 radical (unpaired) electrons. The van der Waals surface area contributed by atoms with Gasteiger partial charge in [0.2, 0.25) is 0 Å². The van der Waals surface area contributed by atoms with Crippen molar-refractivity contribution in [3.05, 3.63) is 48.6 Å². The molecule has 0 rings (SSSR count). The maximum absolute atomic E-state index is 12.9. The Morgan fingerprint density at radius 1 is 0.247 bits per heavy atom. The molecule has 0 aliphatic heterocycles. The third kappa shape index (κ3) is 68.0. The standard InChI is InChI=1S/C75H138O6/c1-4-7-10-13-16-19-22-25-27-29-31-32-33-34-35-36-37-38-39-40-41-42-44-45-47-50-53-56-59-62-65-68-74(77)80-71-72(70-79-73(76)67-64-61-58-55-52-49-24-21-18-15-12-9-6-3)81-75(78)69-66-63-60-57-54-51-48-46-43-30-28-26-23-20-17-14-11-8-5-2/h22,25-26,28-29,31,33-34,72H,4-21,23-24,27,30,32,35-71H2,1-3H3/b25-22-,28-26-,31-29-,34-33-. The SMILES string of the molecule is CCCCCCC/C=C\C/C=C\C/C=C\CCCCCCCCCCCCCCCCCCC(=O)OCC(COC(=O)CCCCCCCCCCCCCCC)OC(=O)CCCCCCCCCCC/C=C\CCCCCCCC. The molecule has 0 aliphatic carbocycles. The molecular formula is C75H138O6. The van der Waals surface area contributed by atoms with Crippen molar-refractivity contribution in [2.45, 2.75) is 399 Å². The first-order valence-corrected chi connectivity index (χ1v) is 36.1. The van der Waals surface area contributed by atoms with Gasteiger partial charge in [0.25, 0.3) is 0 Å². The van der Waals surface area contributed by atoms with E-state index in [2.05, 4.69) is 69.4 Å². The first-order valence-electron chi connectivity index (χ1n) is 36.1. The number of allylic oxidation sites excluding steroid dienone is 8. The van der Waals surface area contributed by atoms with Gasteiger partial charge in [0.15, 0.2) is 6.10 Å². The van der Waals surface area contributed by atoms with Gasteiger partial charge in [-0.3, -0.25) is 14.4 Å². The fourth-order valence-corrected chi connectivity index (χ4v) is 10.9. The number of unbranched alkanes of at least 4 members (excludes halogenated alkanes) is 48. The van der Waals surface area contributed by atoms with Gasteiger partial charge in [-0.25, -0.2) is 0 Å². The maximum Gasteiger partial charge on any atom is 0.306 e. The van der Waals surface area contributed by atoms with Crippen LogP contribution in [0.1, 0.15) is 393 Å². The molecule has 0 N–H and O–H groups in total. The van der Waals surface area contributed by atoms with Crippen LogP contribution in [0.4, 0.5) is 0 Å². The summed E-state index contributed by atoms with van der Waals surface area (Å²) >= 11 is 0. The summed E-state index contributed by atoms with van der Waals surface area (Å²) < 4.78 is 17.0. The Morgan fingerprint density at radius 3 is 0.704 bits per heavy atom. The molecule has 0 bridgehead atoms. The van der Waals surface area contributed by atoms with Gasteiger partial charge in [-0.2, -0.15) is 0 Å². The Bertz CT molecular complexity index is 1400. The average Bonchev–Trinajstić information content (AvgIpc) is 3.46. The summed E-state index contributed by atoms with van der Waals surface area (Å²) in [5.74, 6) is -0.843. The van der Waals surface area contributed by atoms with Gasteiger partial charge in [0.05, 0.1) is 0 Å². The number of hydrogen-bond acceptors (Lipinski definition) is 6. The molecule has 1 atom stereocenters. The van der Waals surface area contributed by atoms with Crippen LogP contribution in [0.5, 0.6) is 0 Å². The zero-order valence-corrected chi connectivity index (χ0v) is 54.6. The molecule has 0 saturated carbocycles. The molecule has 0 amide bonds. The minimum absolute atomic E-state index is 0.0681. The summed E-state index contributed by atoms with van der Waals surface area (Å²) in [6.45, 7) is 6.69. The number of carbonyl (C=O) groups is 3. The van der Waals surface area contributed by atoms with Gasteiger partial charge < -0.3 is 14.2 Å². The van der Waals surface area contributed by atoms with Crippen LogP contribution in [0.2, 0.25) is 0 Å². The third-order valence-corrected chi connectivity index (χ3v) is 16.3. The van der Waals surface area contributed by atoms with Crippen molar-refractivity contribution in [2.75, 3.05) is 13.2 Å². The number of hydrogen-bond donors (Lipinski definition) is 0. The van der Waals surface area contributed by atoms with Gasteiger partial charge in [-0.15, -0.1) is 0 Å². The van der Waals surface area contributed by atoms with Crippen LogP contribution < -0.4 is 0 Å². The summed E-state index contributed by atoms with van der Waals surface area (Å²) in [6.07, 6.45) is 88.6. The van der Waals surface area contributed by atoms with Crippen molar-refractivity contribution >= 4 is 17.9 Å². The van der Waals surface area contributed by atoms with Crippen LogP contribution in [-0.4, -0.2) is 37.2 Å². The molecular weight excluding hydrogens is 997 g/mol. The second kappa shape index (κ2) is 69.9. The molecule has 474 valence electrons. The minimum Gasteiger partial charge on any atom is -0.462 e. The quantitative estimate of drug-likeness (QED) is 0.0261.